The number of hydrogen-bond acceptors (Lipinski definition) is 6. The molecule has 3 heterocycles. The Labute approximate surface area is 177 Å². The maximum atomic E-state index is 14.5. The number of ether oxygens (including phenoxy) is 1. The molecule has 0 radical (unpaired) electrons. The van der Waals surface area contributed by atoms with Gasteiger partial charge in [-0.3, -0.25) is 14.4 Å². The summed E-state index contributed by atoms with van der Waals surface area (Å²) < 4.78 is 19.9. The number of carbonyl (C=O) groups excluding carboxylic acids is 2. The number of fused-ring (bicyclic) bond motifs is 1. The molecule has 7 atom stereocenters. The number of alkyl halides is 1. The topological polar surface area (TPSA) is 91.9 Å². The van der Waals surface area contributed by atoms with Crippen molar-refractivity contribution in [3.63, 3.8) is 0 Å². The van der Waals surface area contributed by atoms with Crippen molar-refractivity contribution in [1.82, 2.24) is 21.0 Å². The summed E-state index contributed by atoms with van der Waals surface area (Å²) in [5, 5.41) is 6.38. The lowest BCUT2D eigenvalue weighted by Crippen LogP contribution is -2.64. The molecule has 0 aromatic carbocycles. The minimum Gasteiger partial charge on any atom is -0.378 e. The highest BCUT2D eigenvalue weighted by molar-refractivity contribution is 5.90. The van der Waals surface area contributed by atoms with Gasteiger partial charge in [-0.05, 0) is 44.6 Å². The standard InChI is InChI=1S/C21H35FN4O4/c1-13-5-6-15(22)14-12-17(25-30-19(13)14)20(27)24-18(16-4-2-3-7-23-16)21(28)26-8-10-29-11-9-26/h13-19,23,25H,2-12H2,1H3,(H,24,27). The van der Waals surface area contributed by atoms with Gasteiger partial charge in [0, 0.05) is 25.0 Å². The van der Waals surface area contributed by atoms with Gasteiger partial charge in [0.15, 0.2) is 0 Å². The van der Waals surface area contributed by atoms with Crippen LogP contribution in [-0.4, -0.2) is 80.0 Å². The van der Waals surface area contributed by atoms with Crippen LogP contribution in [0.5, 0.6) is 0 Å². The van der Waals surface area contributed by atoms with Gasteiger partial charge in [-0.15, -0.1) is 0 Å². The molecular weight excluding hydrogens is 391 g/mol. The van der Waals surface area contributed by atoms with E-state index < -0.39 is 18.3 Å². The quantitative estimate of drug-likeness (QED) is 0.607. The van der Waals surface area contributed by atoms with Gasteiger partial charge in [-0.25, -0.2) is 4.39 Å². The van der Waals surface area contributed by atoms with Crippen molar-refractivity contribution in [3.05, 3.63) is 0 Å². The highest BCUT2D eigenvalue weighted by atomic mass is 19.1. The van der Waals surface area contributed by atoms with Crippen LogP contribution in [0.2, 0.25) is 0 Å². The van der Waals surface area contributed by atoms with Gasteiger partial charge in [0.25, 0.3) is 0 Å². The second-order valence-electron chi connectivity index (χ2n) is 9.20. The lowest BCUT2D eigenvalue weighted by atomic mass is 9.75. The Morgan fingerprint density at radius 3 is 2.70 bits per heavy atom. The predicted octanol–water partition coefficient (Wildman–Crippen LogP) is 0.518. The number of morpholine rings is 1. The third-order valence-corrected chi connectivity index (χ3v) is 7.15. The van der Waals surface area contributed by atoms with Gasteiger partial charge < -0.3 is 20.3 Å². The van der Waals surface area contributed by atoms with Crippen molar-refractivity contribution in [2.24, 2.45) is 11.8 Å². The zero-order chi connectivity index (χ0) is 21.1. The molecule has 3 N–H and O–H groups in total. The molecule has 0 aromatic heterocycles. The second kappa shape index (κ2) is 9.89. The summed E-state index contributed by atoms with van der Waals surface area (Å²) in [6.07, 6.45) is 3.48. The molecule has 30 heavy (non-hydrogen) atoms. The number of piperidine rings is 1. The van der Waals surface area contributed by atoms with E-state index in [1.807, 2.05) is 0 Å². The first-order valence-corrected chi connectivity index (χ1v) is 11.5. The first-order valence-electron chi connectivity index (χ1n) is 11.5. The highest BCUT2D eigenvalue weighted by Crippen LogP contribution is 2.38. The van der Waals surface area contributed by atoms with E-state index in [0.717, 1.165) is 32.2 Å². The van der Waals surface area contributed by atoms with Crippen LogP contribution in [0, 0.1) is 11.8 Å². The number of nitrogens with zero attached hydrogens (tertiary/aromatic N) is 1. The number of halogens is 1. The third kappa shape index (κ3) is 4.79. The van der Waals surface area contributed by atoms with Crippen LogP contribution in [0.1, 0.15) is 45.4 Å². The molecule has 1 aliphatic carbocycles. The molecule has 170 valence electrons. The second-order valence-corrected chi connectivity index (χ2v) is 9.20. The van der Waals surface area contributed by atoms with Gasteiger partial charge in [0.05, 0.1) is 19.3 Å². The van der Waals surface area contributed by atoms with Crippen LogP contribution in [-0.2, 0) is 19.2 Å². The van der Waals surface area contributed by atoms with E-state index in [0.29, 0.717) is 39.1 Å². The Kier molecular flexibility index (Phi) is 7.23. The number of rotatable bonds is 4. The summed E-state index contributed by atoms with van der Waals surface area (Å²) in [7, 11) is 0. The van der Waals surface area contributed by atoms with Gasteiger partial charge in [0.2, 0.25) is 11.8 Å². The molecule has 0 spiro atoms. The first-order chi connectivity index (χ1) is 14.5. The highest BCUT2D eigenvalue weighted by Gasteiger charge is 2.45. The molecule has 0 aromatic rings. The van der Waals surface area contributed by atoms with Crippen molar-refractivity contribution >= 4 is 11.8 Å². The monoisotopic (exact) mass is 426 g/mol. The van der Waals surface area contributed by atoms with E-state index in [-0.39, 0.29) is 35.8 Å². The summed E-state index contributed by atoms with van der Waals surface area (Å²) in [5.74, 6) is -0.388. The van der Waals surface area contributed by atoms with Crippen LogP contribution in [0.25, 0.3) is 0 Å². The number of amides is 2. The van der Waals surface area contributed by atoms with Crippen LogP contribution in [0.3, 0.4) is 0 Å². The van der Waals surface area contributed by atoms with Gasteiger partial charge >= 0.3 is 0 Å². The average Bonchev–Trinajstić information content (AvgIpc) is 2.80. The molecule has 3 aliphatic heterocycles. The van der Waals surface area contributed by atoms with E-state index in [1.54, 1.807) is 4.90 Å². The van der Waals surface area contributed by atoms with Crippen molar-refractivity contribution in [3.8, 4) is 0 Å². The SMILES string of the molecule is CC1CCC(F)C2CC(C(=O)NC(C(=O)N3CCOCC3)C3CCCCN3)NOC12. The molecule has 4 aliphatic rings. The Bertz CT molecular complexity index is 612. The van der Waals surface area contributed by atoms with E-state index >= 15 is 0 Å². The number of nitrogens with one attached hydrogen (secondary N) is 3. The van der Waals surface area contributed by atoms with Gasteiger partial charge in [-0.2, -0.15) is 5.48 Å². The summed E-state index contributed by atoms with van der Waals surface area (Å²) in [6, 6.07) is -1.39. The van der Waals surface area contributed by atoms with Crippen molar-refractivity contribution in [2.75, 3.05) is 32.8 Å². The molecule has 1 saturated carbocycles. The van der Waals surface area contributed by atoms with E-state index in [9.17, 15) is 14.0 Å². The zero-order valence-electron chi connectivity index (χ0n) is 17.8. The molecule has 4 rings (SSSR count). The number of hydrogen-bond donors (Lipinski definition) is 3. The van der Waals surface area contributed by atoms with Crippen molar-refractivity contribution in [2.45, 2.75) is 75.8 Å². The lowest BCUT2D eigenvalue weighted by molar-refractivity contribution is -0.173. The molecule has 7 unspecified atom stereocenters. The van der Waals surface area contributed by atoms with Crippen LogP contribution < -0.4 is 16.1 Å². The summed E-state index contributed by atoms with van der Waals surface area (Å²) in [6.45, 7) is 5.01. The van der Waals surface area contributed by atoms with Crippen LogP contribution >= 0.6 is 0 Å². The van der Waals surface area contributed by atoms with Gasteiger partial charge in [-0.1, -0.05) is 13.3 Å². The average molecular weight is 427 g/mol. The fourth-order valence-corrected chi connectivity index (χ4v) is 5.29. The van der Waals surface area contributed by atoms with E-state index in [2.05, 4.69) is 23.0 Å². The summed E-state index contributed by atoms with van der Waals surface area (Å²) in [4.78, 5) is 33.8. The van der Waals surface area contributed by atoms with E-state index in [1.165, 1.54) is 0 Å². The van der Waals surface area contributed by atoms with Crippen molar-refractivity contribution in [1.29, 1.82) is 0 Å². The number of carbonyl (C=O) groups is 2. The maximum absolute atomic E-state index is 14.5. The largest absolute Gasteiger partial charge is 0.378 e. The Morgan fingerprint density at radius 2 is 1.97 bits per heavy atom. The fraction of sp³-hybridized carbons (Fsp3) is 0.905. The molecule has 3 saturated heterocycles. The number of hydroxylamine groups is 1. The Balaban J connectivity index is 1.42. The molecule has 0 bridgehead atoms. The molecular formula is C21H35FN4O4. The fourth-order valence-electron chi connectivity index (χ4n) is 5.29. The van der Waals surface area contributed by atoms with Crippen LogP contribution in [0.4, 0.5) is 4.39 Å². The smallest absolute Gasteiger partial charge is 0.246 e. The minimum atomic E-state index is -0.950. The van der Waals surface area contributed by atoms with Crippen LogP contribution in [0.15, 0.2) is 0 Å². The van der Waals surface area contributed by atoms with Gasteiger partial charge in [0.1, 0.15) is 18.3 Å². The normalized spacial score (nSPS) is 38.4. The molecule has 4 fully saturated rings. The molecule has 2 amide bonds. The van der Waals surface area contributed by atoms with Crippen molar-refractivity contribution < 1.29 is 23.6 Å². The maximum Gasteiger partial charge on any atom is 0.246 e. The Hall–Kier alpha value is -1.29. The minimum absolute atomic E-state index is 0.0738. The third-order valence-electron chi connectivity index (χ3n) is 7.15. The molecule has 8 nitrogen and oxygen atoms in total. The first kappa shape index (κ1) is 21.9. The summed E-state index contributed by atoms with van der Waals surface area (Å²) in [5.41, 5.74) is 2.85. The lowest BCUT2D eigenvalue weighted by Gasteiger charge is -2.44. The Morgan fingerprint density at radius 1 is 1.17 bits per heavy atom. The molecule has 9 heteroatoms. The van der Waals surface area contributed by atoms with E-state index in [4.69, 9.17) is 9.57 Å². The summed E-state index contributed by atoms with van der Waals surface area (Å²) >= 11 is 0. The predicted molar refractivity (Wildman–Crippen MR) is 108 cm³/mol. The zero-order valence-corrected chi connectivity index (χ0v) is 17.8.